The van der Waals surface area contributed by atoms with Crippen molar-refractivity contribution in [1.29, 1.82) is 0 Å². The molecule has 0 amide bonds. The van der Waals surface area contributed by atoms with Crippen molar-refractivity contribution < 1.29 is 23.7 Å². The summed E-state index contributed by atoms with van der Waals surface area (Å²) in [6, 6.07) is 7.65. The molecular weight excluding hydrogens is 334 g/mol. The van der Waals surface area contributed by atoms with E-state index < -0.39 is 0 Å². The first kappa shape index (κ1) is 16.3. The predicted octanol–water partition coefficient (Wildman–Crippen LogP) is 2.89. The van der Waals surface area contributed by atoms with Gasteiger partial charge in [0.15, 0.2) is 29.3 Å². The molecule has 0 atom stereocenters. The molecule has 0 saturated heterocycles. The van der Waals surface area contributed by atoms with Crippen molar-refractivity contribution in [3.05, 3.63) is 46.5 Å². The quantitative estimate of drug-likeness (QED) is 0.853. The van der Waals surface area contributed by atoms with E-state index in [0.29, 0.717) is 17.1 Å². The maximum atomic E-state index is 11.7. The Morgan fingerprint density at radius 1 is 1.12 bits per heavy atom. The summed E-state index contributed by atoms with van der Waals surface area (Å²) in [7, 11) is 3.07. The third kappa shape index (κ3) is 2.63. The Bertz CT molecular complexity index is 904. The summed E-state index contributed by atoms with van der Waals surface area (Å²) in [5.74, 6) is 2.47. The molecule has 134 valence electrons. The molecule has 2 aromatic carbocycles. The third-order valence-corrected chi connectivity index (χ3v) is 4.63. The van der Waals surface area contributed by atoms with Crippen molar-refractivity contribution in [3.8, 4) is 23.0 Å². The Morgan fingerprint density at radius 2 is 1.92 bits per heavy atom. The second kappa shape index (κ2) is 6.63. The van der Waals surface area contributed by atoms with E-state index in [0.717, 1.165) is 47.6 Å². The van der Waals surface area contributed by atoms with Crippen LogP contribution in [0.5, 0.6) is 23.0 Å². The fourth-order valence-electron chi connectivity index (χ4n) is 3.37. The van der Waals surface area contributed by atoms with Crippen LogP contribution < -0.4 is 24.3 Å². The molecule has 26 heavy (non-hydrogen) atoms. The van der Waals surface area contributed by atoms with E-state index in [1.165, 1.54) is 12.7 Å². The number of carbonyl (C=O) groups is 1. The zero-order valence-corrected chi connectivity index (χ0v) is 14.6. The van der Waals surface area contributed by atoms with Gasteiger partial charge in [0.2, 0.25) is 6.79 Å². The molecular formula is C20H19NO5. The number of hydrogen-bond donors (Lipinski definition) is 1. The van der Waals surface area contributed by atoms with Crippen LogP contribution in [-0.4, -0.2) is 33.8 Å². The lowest BCUT2D eigenvalue weighted by Gasteiger charge is -2.22. The van der Waals surface area contributed by atoms with Gasteiger partial charge in [-0.05, 0) is 41.8 Å². The van der Waals surface area contributed by atoms with E-state index in [9.17, 15) is 4.79 Å². The summed E-state index contributed by atoms with van der Waals surface area (Å²) in [6.45, 7) is 1.05. The van der Waals surface area contributed by atoms with Gasteiger partial charge in [-0.1, -0.05) is 6.07 Å². The average molecular weight is 353 g/mol. The van der Waals surface area contributed by atoms with Gasteiger partial charge in [-0.25, -0.2) is 0 Å². The first-order valence-electron chi connectivity index (χ1n) is 8.33. The zero-order valence-electron chi connectivity index (χ0n) is 14.6. The Kier molecular flexibility index (Phi) is 4.16. The van der Waals surface area contributed by atoms with Crippen LogP contribution in [0, 0.1) is 0 Å². The first-order valence-corrected chi connectivity index (χ1v) is 8.33. The monoisotopic (exact) mass is 353 g/mol. The van der Waals surface area contributed by atoms with Crippen LogP contribution in [0.1, 0.15) is 27.0 Å². The van der Waals surface area contributed by atoms with Crippen molar-refractivity contribution in [2.45, 2.75) is 6.42 Å². The van der Waals surface area contributed by atoms with E-state index in [2.05, 4.69) is 5.32 Å². The van der Waals surface area contributed by atoms with Gasteiger partial charge in [0, 0.05) is 17.8 Å². The van der Waals surface area contributed by atoms with Gasteiger partial charge in [-0.3, -0.25) is 4.79 Å². The first-order chi connectivity index (χ1) is 12.7. The lowest BCUT2D eigenvalue weighted by atomic mass is 9.95. The molecule has 2 aliphatic rings. The zero-order chi connectivity index (χ0) is 18.1. The van der Waals surface area contributed by atoms with Gasteiger partial charge in [0.05, 0.1) is 19.8 Å². The maximum absolute atomic E-state index is 11.7. The highest BCUT2D eigenvalue weighted by atomic mass is 16.7. The van der Waals surface area contributed by atoms with E-state index >= 15 is 0 Å². The Labute approximate surface area is 151 Å². The highest BCUT2D eigenvalue weighted by Gasteiger charge is 2.22. The van der Waals surface area contributed by atoms with Gasteiger partial charge in [-0.15, -0.1) is 0 Å². The fraction of sp³-hybridized carbons (Fsp3) is 0.250. The second-order valence-corrected chi connectivity index (χ2v) is 6.02. The third-order valence-electron chi connectivity index (χ3n) is 4.63. The van der Waals surface area contributed by atoms with E-state index in [1.54, 1.807) is 13.2 Å². The van der Waals surface area contributed by atoms with Crippen LogP contribution in [0.25, 0.3) is 11.8 Å². The molecule has 0 spiro atoms. The summed E-state index contributed by atoms with van der Waals surface area (Å²) in [6.07, 6.45) is 3.64. The highest BCUT2D eigenvalue weighted by molar-refractivity contribution is 5.93. The minimum atomic E-state index is 0.246. The Balaban J connectivity index is 1.83. The number of hydrogen-bond acceptors (Lipinski definition) is 6. The van der Waals surface area contributed by atoms with Crippen molar-refractivity contribution in [2.75, 3.05) is 27.6 Å². The number of aldehydes is 1. The number of ether oxygens (including phenoxy) is 4. The number of rotatable bonds is 4. The predicted molar refractivity (Wildman–Crippen MR) is 97.1 cm³/mol. The molecule has 0 saturated carbocycles. The molecule has 0 aliphatic carbocycles. The van der Waals surface area contributed by atoms with Gasteiger partial charge in [0.25, 0.3) is 0 Å². The SMILES string of the molecule is COc1ccc(/C=C2\NCCc3cc4c(cc32)OCO4)c(C=O)c1OC. The molecule has 4 rings (SSSR count). The van der Waals surface area contributed by atoms with Crippen LogP contribution in [0.15, 0.2) is 24.3 Å². The number of fused-ring (bicyclic) bond motifs is 2. The lowest BCUT2D eigenvalue weighted by Crippen LogP contribution is -2.22. The molecule has 0 aromatic heterocycles. The van der Waals surface area contributed by atoms with Crippen molar-refractivity contribution in [2.24, 2.45) is 0 Å². The molecule has 2 heterocycles. The lowest BCUT2D eigenvalue weighted by molar-refractivity contribution is 0.111. The maximum Gasteiger partial charge on any atom is 0.231 e. The Morgan fingerprint density at radius 3 is 2.65 bits per heavy atom. The molecule has 0 unspecified atom stereocenters. The highest BCUT2D eigenvalue weighted by Crippen LogP contribution is 2.39. The number of nitrogens with one attached hydrogen (secondary N) is 1. The number of methoxy groups -OCH3 is 2. The van der Waals surface area contributed by atoms with Crippen molar-refractivity contribution in [3.63, 3.8) is 0 Å². The standard InChI is InChI=1S/C20H19NO5/c1-23-17-4-3-12(15(10-22)20(17)24-2)7-16-14-9-19-18(25-11-26-19)8-13(14)5-6-21-16/h3-4,7-10,21H,5-6,11H2,1-2H3/b16-7-. The van der Waals surface area contributed by atoms with E-state index in [-0.39, 0.29) is 6.79 Å². The minimum Gasteiger partial charge on any atom is -0.493 e. The van der Waals surface area contributed by atoms with Gasteiger partial charge in [0.1, 0.15) is 0 Å². The summed E-state index contributed by atoms with van der Waals surface area (Å²) >= 11 is 0. The van der Waals surface area contributed by atoms with Crippen LogP contribution in [-0.2, 0) is 6.42 Å². The largest absolute Gasteiger partial charge is 0.493 e. The van der Waals surface area contributed by atoms with Gasteiger partial charge < -0.3 is 24.3 Å². The molecule has 0 bridgehead atoms. The minimum absolute atomic E-state index is 0.246. The Hall–Kier alpha value is -3.15. The van der Waals surface area contributed by atoms with Crippen molar-refractivity contribution in [1.82, 2.24) is 5.32 Å². The topological polar surface area (TPSA) is 66.0 Å². The molecule has 6 nitrogen and oxygen atoms in total. The molecule has 1 N–H and O–H groups in total. The number of carbonyl (C=O) groups excluding carboxylic acids is 1. The van der Waals surface area contributed by atoms with Crippen LogP contribution >= 0.6 is 0 Å². The summed E-state index contributed by atoms with van der Waals surface area (Å²) in [5.41, 5.74) is 4.37. The fourth-order valence-corrected chi connectivity index (χ4v) is 3.37. The van der Waals surface area contributed by atoms with Crippen molar-refractivity contribution >= 4 is 18.1 Å². The second-order valence-electron chi connectivity index (χ2n) is 6.02. The van der Waals surface area contributed by atoms with Gasteiger partial charge >= 0.3 is 0 Å². The smallest absolute Gasteiger partial charge is 0.231 e. The molecule has 0 radical (unpaired) electrons. The van der Waals surface area contributed by atoms with E-state index in [1.807, 2.05) is 24.3 Å². The molecule has 2 aliphatic heterocycles. The van der Waals surface area contributed by atoms with Crippen LogP contribution in [0.3, 0.4) is 0 Å². The number of benzene rings is 2. The summed E-state index contributed by atoms with van der Waals surface area (Å²) in [4.78, 5) is 11.7. The van der Waals surface area contributed by atoms with Gasteiger partial charge in [-0.2, -0.15) is 0 Å². The average Bonchev–Trinajstić information content (AvgIpc) is 3.13. The summed E-state index contributed by atoms with van der Waals surface area (Å²) in [5, 5.41) is 3.41. The normalized spacial score (nSPS) is 16.0. The van der Waals surface area contributed by atoms with Crippen LogP contribution in [0.2, 0.25) is 0 Å². The summed E-state index contributed by atoms with van der Waals surface area (Å²) < 4.78 is 21.6. The molecule has 0 fully saturated rings. The van der Waals surface area contributed by atoms with Crippen LogP contribution in [0.4, 0.5) is 0 Å². The van der Waals surface area contributed by atoms with E-state index in [4.69, 9.17) is 18.9 Å². The molecule has 2 aromatic rings. The molecule has 6 heteroatoms.